The number of thiazole rings is 1. The lowest BCUT2D eigenvalue weighted by molar-refractivity contribution is -0.0986. The van der Waals surface area contributed by atoms with Gasteiger partial charge in [0.05, 0.1) is 17.8 Å². The van der Waals surface area contributed by atoms with Crippen LogP contribution in [0.25, 0.3) is 0 Å². The summed E-state index contributed by atoms with van der Waals surface area (Å²) in [6.07, 6.45) is 5.03. The van der Waals surface area contributed by atoms with Crippen LogP contribution in [-0.2, 0) is 4.74 Å². The molecule has 32 heavy (non-hydrogen) atoms. The minimum atomic E-state index is -0.887. The lowest BCUT2D eigenvalue weighted by atomic mass is 9.83. The minimum absolute atomic E-state index is 0.0454. The first-order valence-corrected chi connectivity index (χ1v) is 12.4. The van der Waals surface area contributed by atoms with Crippen molar-refractivity contribution in [1.29, 1.82) is 0 Å². The Hall–Kier alpha value is -1.87. The number of nitrogens with one attached hydrogen (secondary N) is 1. The third-order valence-corrected chi connectivity index (χ3v) is 7.12. The molecular weight excluding hydrogens is 428 g/mol. The summed E-state index contributed by atoms with van der Waals surface area (Å²) < 4.78 is 5.93. The van der Waals surface area contributed by atoms with E-state index in [0.717, 1.165) is 24.5 Å². The van der Waals surface area contributed by atoms with Gasteiger partial charge in [-0.15, -0.1) is 0 Å². The lowest BCUT2D eigenvalue weighted by Gasteiger charge is -2.47. The molecule has 0 unspecified atom stereocenters. The van der Waals surface area contributed by atoms with Crippen molar-refractivity contribution in [2.75, 3.05) is 24.5 Å². The number of anilines is 1. The summed E-state index contributed by atoms with van der Waals surface area (Å²) in [5, 5.41) is 14.1. The van der Waals surface area contributed by atoms with Gasteiger partial charge in [0, 0.05) is 38.0 Å². The van der Waals surface area contributed by atoms with Crippen LogP contribution in [0.15, 0.2) is 6.20 Å². The Morgan fingerprint density at radius 3 is 2.66 bits per heavy atom. The normalized spacial score (nSPS) is 25.0. The fourth-order valence-electron chi connectivity index (χ4n) is 4.63. The molecule has 2 atom stereocenters. The number of hydrogen-bond donors (Lipinski definition) is 2. The molecule has 8 nitrogen and oxygen atoms in total. The van der Waals surface area contributed by atoms with Gasteiger partial charge < -0.3 is 25.0 Å². The second-order valence-electron chi connectivity index (χ2n) is 10.8. The number of piperidine rings is 1. The quantitative estimate of drug-likeness (QED) is 0.662. The van der Waals surface area contributed by atoms with Gasteiger partial charge in [0.25, 0.3) is 5.91 Å². The van der Waals surface area contributed by atoms with Gasteiger partial charge in [-0.1, -0.05) is 18.3 Å². The third kappa shape index (κ3) is 6.13. The minimum Gasteiger partial charge on any atom is -0.443 e. The molecule has 2 saturated heterocycles. The molecule has 180 valence electrons. The Bertz CT molecular complexity index is 829. The molecule has 0 bridgehead atoms. The third-order valence-electron chi connectivity index (χ3n) is 6.06. The van der Waals surface area contributed by atoms with Crippen LogP contribution in [0, 0.1) is 0 Å². The Balaban J connectivity index is 1.64. The molecular formula is C23H38N4O4S. The van der Waals surface area contributed by atoms with Crippen LogP contribution in [0.3, 0.4) is 0 Å². The number of ether oxygens (including phenoxy) is 1. The number of aliphatic hydroxyl groups is 1. The topological polar surface area (TPSA) is 95.0 Å². The molecule has 2 amide bonds. The zero-order valence-corrected chi connectivity index (χ0v) is 21.0. The average Bonchev–Trinajstić information content (AvgIpc) is 3.16. The molecule has 0 saturated carbocycles. The van der Waals surface area contributed by atoms with Gasteiger partial charge in [-0.25, -0.2) is 9.78 Å². The van der Waals surface area contributed by atoms with Crippen LogP contribution in [0.1, 0.15) is 83.3 Å². The van der Waals surface area contributed by atoms with Crippen molar-refractivity contribution in [2.45, 2.75) is 96.4 Å². The van der Waals surface area contributed by atoms with Gasteiger partial charge in [-0.3, -0.25) is 4.79 Å². The number of carbonyl (C=O) groups excluding carboxylic acids is 2. The van der Waals surface area contributed by atoms with E-state index in [9.17, 15) is 14.7 Å². The number of cyclic esters (lactones) is 1. The van der Waals surface area contributed by atoms with E-state index in [0.29, 0.717) is 37.2 Å². The monoisotopic (exact) mass is 466 g/mol. The Labute approximate surface area is 195 Å². The first kappa shape index (κ1) is 24.8. The molecule has 3 rings (SSSR count). The Kier molecular flexibility index (Phi) is 7.10. The summed E-state index contributed by atoms with van der Waals surface area (Å²) in [7, 11) is 0. The van der Waals surface area contributed by atoms with Gasteiger partial charge in [0.1, 0.15) is 10.5 Å². The molecule has 2 N–H and O–H groups in total. The second-order valence-corrected chi connectivity index (χ2v) is 11.8. The van der Waals surface area contributed by atoms with Gasteiger partial charge in [-0.05, 0) is 53.9 Å². The first-order valence-electron chi connectivity index (χ1n) is 11.6. The average molecular weight is 467 g/mol. The maximum atomic E-state index is 13.0. The van der Waals surface area contributed by atoms with E-state index in [1.54, 1.807) is 20.0 Å². The highest BCUT2D eigenvalue weighted by molar-refractivity contribution is 7.17. The number of hydrogen-bond acceptors (Lipinski definition) is 7. The smallest absolute Gasteiger partial charge is 0.410 e. The van der Waals surface area contributed by atoms with Crippen molar-refractivity contribution in [3.63, 3.8) is 0 Å². The van der Waals surface area contributed by atoms with Gasteiger partial charge in [0.2, 0.25) is 0 Å². The number of rotatable bonds is 6. The summed E-state index contributed by atoms with van der Waals surface area (Å²) in [5.41, 5.74) is -1.79. The van der Waals surface area contributed by atoms with Crippen molar-refractivity contribution >= 4 is 28.5 Å². The fraction of sp³-hybridized carbons (Fsp3) is 0.783. The maximum absolute atomic E-state index is 13.0. The predicted octanol–water partition coefficient (Wildman–Crippen LogP) is 3.79. The standard InChI is InChI=1S/C23H38N4O4S/c1-7-23(15-22(5,6)30)10-12-27(20(29)31-23)16-9-8-11-26(14-16)19-24-13-17(32-19)18(28)25-21(2,3)4/h13,16,30H,7-12,14-15H2,1-6H3,(H,25,28)/t16-,23-/m0/s1. The van der Waals surface area contributed by atoms with E-state index in [1.807, 2.05) is 32.6 Å². The highest BCUT2D eigenvalue weighted by Gasteiger charge is 2.44. The molecule has 2 aliphatic heterocycles. The largest absolute Gasteiger partial charge is 0.443 e. The Morgan fingerprint density at radius 2 is 2.06 bits per heavy atom. The van der Waals surface area contributed by atoms with E-state index in [4.69, 9.17) is 4.74 Å². The molecule has 2 fully saturated rings. The van der Waals surface area contributed by atoms with Crippen molar-refractivity contribution < 1.29 is 19.4 Å². The number of amides is 2. The van der Waals surface area contributed by atoms with Crippen molar-refractivity contribution in [2.24, 2.45) is 0 Å². The second kappa shape index (κ2) is 9.17. The fourth-order valence-corrected chi connectivity index (χ4v) is 5.48. The molecule has 3 heterocycles. The van der Waals surface area contributed by atoms with Crippen LogP contribution in [0.5, 0.6) is 0 Å². The van der Waals surface area contributed by atoms with Gasteiger partial charge in [-0.2, -0.15) is 0 Å². The molecule has 0 radical (unpaired) electrons. The summed E-state index contributed by atoms with van der Waals surface area (Å²) in [5.74, 6) is -0.114. The predicted molar refractivity (Wildman–Crippen MR) is 126 cm³/mol. The van der Waals surface area contributed by atoms with Crippen LogP contribution in [-0.4, -0.2) is 69.4 Å². The number of carbonyl (C=O) groups is 2. The van der Waals surface area contributed by atoms with Crippen molar-refractivity contribution in [1.82, 2.24) is 15.2 Å². The molecule has 1 aromatic heterocycles. The Morgan fingerprint density at radius 1 is 1.34 bits per heavy atom. The summed E-state index contributed by atoms with van der Waals surface area (Å²) in [6, 6.07) is 0.0454. The highest BCUT2D eigenvalue weighted by Crippen LogP contribution is 2.36. The van der Waals surface area contributed by atoms with Crippen LogP contribution in [0.2, 0.25) is 0 Å². The molecule has 9 heteroatoms. The zero-order valence-electron chi connectivity index (χ0n) is 20.2. The summed E-state index contributed by atoms with van der Waals surface area (Å²) in [6.45, 7) is 13.5. The van der Waals surface area contributed by atoms with E-state index < -0.39 is 11.2 Å². The van der Waals surface area contributed by atoms with Crippen LogP contribution < -0.4 is 10.2 Å². The van der Waals surface area contributed by atoms with Crippen molar-refractivity contribution in [3.8, 4) is 0 Å². The zero-order chi connectivity index (χ0) is 23.7. The van der Waals surface area contributed by atoms with Crippen LogP contribution >= 0.6 is 11.3 Å². The first-order chi connectivity index (χ1) is 14.8. The lowest BCUT2D eigenvalue weighted by Crippen LogP contribution is -2.58. The van der Waals surface area contributed by atoms with E-state index in [2.05, 4.69) is 15.2 Å². The van der Waals surface area contributed by atoms with Gasteiger partial charge >= 0.3 is 6.09 Å². The van der Waals surface area contributed by atoms with E-state index >= 15 is 0 Å². The van der Waals surface area contributed by atoms with Crippen LogP contribution in [0.4, 0.5) is 9.93 Å². The van der Waals surface area contributed by atoms with E-state index in [1.165, 1.54) is 11.3 Å². The maximum Gasteiger partial charge on any atom is 0.410 e. The summed E-state index contributed by atoms with van der Waals surface area (Å²) >= 11 is 1.39. The van der Waals surface area contributed by atoms with Crippen molar-refractivity contribution in [3.05, 3.63) is 11.1 Å². The summed E-state index contributed by atoms with van der Waals surface area (Å²) in [4.78, 5) is 34.5. The number of aromatic nitrogens is 1. The molecule has 0 aliphatic carbocycles. The molecule has 0 spiro atoms. The highest BCUT2D eigenvalue weighted by atomic mass is 32.1. The number of nitrogens with zero attached hydrogens (tertiary/aromatic N) is 3. The van der Waals surface area contributed by atoms with E-state index in [-0.39, 0.29) is 23.6 Å². The molecule has 1 aromatic rings. The molecule has 2 aliphatic rings. The van der Waals surface area contributed by atoms with Gasteiger partial charge in [0.15, 0.2) is 5.13 Å². The SMILES string of the molecule is CC[C@@]1(CC(C)(C)O)CCN([C@H]2CCCN(c3ncc(C(=O)NC(C)(C)C)s3)C2)C(=O)O1. The molecule has 0 aromatic carbocycles.